The molecule has 0 aliphatic carbocycles. The number of carbonyl (C=O) groups excluding carboxylic acids is 1. The smallest absolute Gasteiger partial charge is 0.226 e. The molecule has 0 heterocycles. The molecule has 0 radical (unpaired) electrons. The molecule has 0 bridgehead atoms. The molecule has 3 nitrogen and oxygen atoms in total. The highest BCUT2D eigenvalue weighted by molar-refractivity contribution is 7.98. The first-order valence-corrected chi connectivity index (χ1v) is 6.86. The zero-order chi connectivity index (χ0) is 11.7. The molecule has 0 saturated carbocycles. The number of rotatable bonds is 8. The van der Waals surface area contributed by atoms with Gasteiger partial charge in [0.2, 0.25) is 5.91 Å². The molecule has 0 spiro atoms. The first-order valence-electron chi connectivity index (χ1n) is 5.46. The first-order chi connectivity index (χ1) is 7.04. The Labute approximate surface area is 97.8 Å². The van der Waals surface area contributed by atoms with E-state index in [0.29, 0.717) is 0 Å². The maximum atomic E-state index is 11.4. The number of nitrogens with one attached hydrogen (secondary N) is 2. The van der Waals surface area contributed by atoms with Crippen molar-refractivity contribution in [2.45, 2.75) is 26.7 Å². The third-order valence-electron chi connectivity index (χ3n) is 2.36. The van der Waals surface area contributed by atoms with Gasteiger partial charge in [0.25, 0.3) is 0 Å². The van der Waals surface area contributed by atoms with Gasteiger partial charge in [0.05, 0.1) is 5.41 Å². The Morgan fingerprint density at radius 2 is 2.00 bits per heavy atom. The highest BCUT2D eigenvalue weighted by Gasteiger charge is 2.25. The van der Waals surface area contributed by atoms with Crippen LogP contribution in [0.3, 0.4) is 0 Å². The second-order valence-electron chi connectivity index (χ2n) is 4.34. The topological polar surface area (TPSA) is 41.1 Å². The van der Waals surface area contributed by atoms with Crippen LogP contribution in [-0.4, -0.2) is 38.1 Å². The van der Waals surface area contributed by atoms with E-state index in [1.54, 1.807) is 7.05 Å². The van der Waals surface area contributed by atoms with Gasteiger partial charge in [0.15, 0.2) is 0 Å². The highest BCUT2D eigenvalue weighted by atomic mass is 32.2. The van der Waals surface area contributed by atoms with Gasteiger partial charge in [-0.25, -0.2) is 0 Å². The minimum absolute atomic E-state index is 0.0964. The van der Waals surface area contributed by atoms with Gasteiger partial charge in [-0.2, -0.15) is 11.8 Å². The Morgan fingerprint density at radius 1 is 1.33 bits per heavy atom. The monoisotopic (exact) mass is 232 g/mol. The summed E-state index contributed by atoms with van der Waals surface area (Å²) in [7, 11) is 1.68. The average Bonchev–Trinajstić information content (AvgIpc) is 2.22. The Hall–Kier alpha value is -0.220. The molecule has 0 aliphatic rings. The van der Waals surface area contributed by atoms with Gasteiger partial charge < -0.3 is 10.6 Å². The van der Waals surface area contributed by atoms with Crippen LogP contribution < -0.4 is 10.6 Å². The van der Waals surface area contributed by atoms with Crippen LogP contribution in [0.1, 0.15) is 26.7 Å². The van der Waals surface area contributed by atoms with Gasteiger partial charge in [-0.05, 0) is 45.2 Å². The molecule has 15 heavy (non-hydrogen) atoms. The molecule has 4 heteroatoms. The molecule has 90 valence electrons. The van der Waals surface area contributed by atoms with Gasteiger partial charge in [0.1, 0.15) is 0 Å². The summed E-state index contributed by atoms with van der Waals surface area (Å²) in [4.78, 5) is 11.4. The van der Waals surface area contributed by atoms with E-state index in [2.05, 4.69) is 16.9 Å². The molecule has 1 amide bonds. The lowest BCUT2D eigenvalue weighted by Gasteiger charge is -2.22. The maximum absolute atomic E-state index is 11.4. The van der Waals surface area contributed by atoms with Crippen LogP contribution in [-0.2, 0) is 4.79 Å². The lowest BCUT2D eigenvalue weighted by molar-refractivity contribution is -0.128. The van der Waals surface area contributed by atoms with E-state index in [1.165, 1.54) is 18.6 Å². The zero-order valence-corrected chi connectivity index (χ0v) is 11.2. The van der Waals surface area contributed by atoms with E-state index in [0.717, 1.165) is 13.1 Å². The third-order valence-corrected chi connectivity index (χ3v) is 3.06. The minimum atomic E-state index is -0.311. The fourth-order valence-electron chi connectivity index (χ4n) is 1.32. The van der Waals surface area contributed by atoms with Gasteiger partial charge in [-0.15, -0.1) is 0 Å². The molecule has 0 atom stereocenters. The van der Waals surface area contributed by atoms with E-state index in [-0.39, 0.29) is 11.3 Å². The Bertz CT molecular complexity index is 183. The van der Waals surface area contributed by atoms with Crippen molar-refractivity contribution in [3.63, 3.8) is 0 Å². The summed E-state index contributed by atoms with van der Waals surface area (Å²) in [5, 5.41) is 6.01. The van der Waals surface area contributed by atoms with Gasteiger partial charge in [0, 0.05) is 13.6 Å². The van der Waals surface area contributed by atoms with Crippen molar-refractivity contribution in [2.75, 3.05) is 32.1 Å². The molecule has 0 aromatic carbocycles. The second-order valence-corrected chi connectivity index (χ2v) is 5.33. The van der Waals surface area contributed by atoms with E-state index >= 15 is 0 Å². The van der Waals surface area contributed by atoms with Gasteiger partial charge in [-0.1, -0.05) is 0 Å². The van der Waals surface area contributed by atoms with Crippen LogP contribution in [0.5, 0.6) is 0 Å². The van der Waals surface area contributed by atoms with Crippen LogP contribution in [0.2, 0.25) is 0 Å². The van der Waals surface area contributed by atoms with Crippen molar-refractivity contribution < 1.29 is 4.79 Å². The summed E-state index contributed by atoms with van der Waals surface area (Å²) < 4.78 is 0. The summed E-state index contributed by atoms with van der Waals surface area (Å²) in [6, 6.07) is 0. The van der Waals surface area contributed by atoms with Crippen LogP contribution in [0.4, 0.5) is 0 Å². The van der Waals surface area contributed by atoms with Crippen LogP contribution in [0, 0.1) is 5.41 Å². The third kappa shape index (κ3) is 6.79. The molecule has 0 aliphatic heterocycles. The number of hydrogen-bond donors (Lipinski definition) is 2. The fourth-order valence-corrected chi connectivity index (χ4v) is 1.81. The Balaban J connectivity index is 3.53. The Kier molecular flexibility index (Phi) is 7.88. The van der Waals surface area contributed by atoms with Crippen LogP contribution in [0.25, 0.3) is 0 Å². The molecule has 0 saturated heterocycles. The van der Waals surface area contributed by atoms with Crippen molar-refractivity contribution in [3.8, 4) is 0 Å². The summed E-state index contributed by atoms with van der Waals surface area (Å²) in [5.74, 6) is 1.32. The molecule has 0 aromatic heterocycles. The SMILES string of the molecule is CNC(=O)C(C)(C)CNCCCCSC. The minimum Gasteiger partial charge on any atom is -0.359 e. The van der Waals surface area contributed by atoms with E-state index in [4.69, 9.17) is 0 Å². The standard InChI is InChI=1S/C11H24N2OS/c1-11(2,10(14)12-3)9-13-7-5-6-8-15-4/h13H,5-9H2,1-4H3,(H,12,14). The Morgan fingerprint density at radius 3 is 2.53 bits per heavy atom. The first kappa shape index (κ1) is 14.8. The molecule has 0 unspecified atom stereocenters. The van der Waals surface area contributed by atoms with Crippen molar-refractivity contribution in [3.05, 3.63) is 0 Å². The molecule has 0 rings (SSSR count). The highest BCUT2D eigenvalue weighted by Crippen LogP contribution is 2.12. The summed E-state index contributed by atoms with van der Waals surface area (Å²) >= 11 is 1.88. The summed E-state index contributed by atoms with van der Waals surface area (Å²) in [6.45, 7) is 5.66. The summed E-state index contributed by atoms with van der Waals surface area (Å²) in [5.41, 5.74) is -0.311. The molecular formula is C11H24N2OS. The van der Waals surface area contributed by atoms with Gasteiger partial charge in [-0.3, -0.25) is 4.79 Å². The van der Waals surface area contributed by atoms with Crippen molar-refractivity contribution >= 4 is 17.7 Å². The lowest BCUT2D eigenvalue weighted by atomic mass is 9.92. The number of carbonyl (C=O) groups is 1. The van der Waals surface area contributed by atoms with E-state index in [9.17, 15) is 4.79 Å². The lowest BCUT2D eigenvalue weighted by Crippen LogP contribution is -2.42. The molecule has 0 aromatic rings. The number of hydrogen-bond acceptors (Lipinski definition) is 3. The predicted molar refractivity (Wildman–Crippen MR) is 68.3 cm³/mol. The second kappa shape index (κ2) is 7.99. The van der Waals surface area contributed by atoms with Crippen LogP contribution in [0.15, 0.2) is 0 Å². The molecular weight excluding hydrogens is 208 g/mol. The average molecular weight is 232 g/mol. The summed E-state index contributed by atoms with van der Waals surface area (Å²) in [6.07, 6.45) is 4.56. The maximum Gasteiger partial charge on any atom is 0.226 e. The number of thioether (sulfide) groups is 1. The predicted octanol–water partition coefficient (Wildman–Crippen LogP) is 1.49. The number of amides is 1. The quantitative estimate of drug-likeness (QED) is 0.623. The van der Waals surface area contributed by atoms with E-state index < -0.39 is 0 Å². The van der Waals surface area contributed by atoms with Crippen molar-refractivity contribution in [2.24, 2.45) is 5.41 Å². The fraction of sp³-hybridized carbons (Fsp3) is 0.909. The molecule has 2 N–H and O–H groups in total. The zero-order valence-electron chi connectivity index (χ0n) is 10.4. The molecule has 0 fully saturated rings. The number of unbranched alkanes of at least 4 members (excludes halogenated alkanes) is 1. The van der Waals surface area contributed by atoms with Crippen molar-refractivity contribution in [1.29, 1.82) is 0 Å². The van der Waals surface area contributed by atoms with Crippen LogP contribution >= 0.6 is 11.8 Å². The normalized spacial score (nSPS) is 11.5. The largest absolute Gasteiger partial charge is 0.359 e. The van der Waals surface area contributed by atoms with E-state index in [1.807, 2.05) is 25.6 Å². The van der Waals surface area contributed by atoms with Gasteiger partial charge >= 0.3 is 0 Å². The van der Waals surface area contributed by atoms with Crippen molar-refractivity contribution in [1.82, 2.24) is 10.6 Å².